The first kappa shape index (κ1) is 29.7. The van der Waals surface area contributed by atoms with Crippen molar-refractivity contribution in [2.75, 3.05) is 10.6 Å². The zero-order chi connectivity index (χ0) is 29.6. The molecule has 8 nitrogen and oxygen atoms in total. The van der Waals surface area contributed by atoms with Gasteiger partial charge in [0.1, 0.15) is 0 Å². The summed E-state index contributed by atoms with van der Waals surface area (Å²) in [7, 11) is 0. The Kier molecular flexibility index (Phi) is 11.0. The molecule has 0 fully saturated rings. The Hall–Kier alpha value is -5.24. The number of benzene rings is 4. The maximum absolute atomic E-state index is 12.5. The van der Waals surface area contributed by atoms with Gasteiger partial charge >= 0.3 is 0 Å². The molecule has 0 aliphatic heterocycles. The molecular formula is C34H34N4O4. The Morgan fingerprint density at radius 2 is 0.881 bits per heavy atom. The topological polar surface area (TPSA) is 116 Å². The maximum Gasteiger partial charge on any atom is 0.251 e. The second-order valence-electron chi connectivity index (χ2n) is 9.80. The summed E-state index contributed by atoms with van der Waals surface area (Å²) < 4.78 is 0. The smallest absolute Gasteiger partial charge is 0.251 e. The summed E-state index contributed by atoms with van der Waals surface area (Å²) in [5.41, 5.74) is 3.99. The van der Waals surface area contributed by atoms with Crippen LogP contribution >= 0.6 is 0 Å². The number of carbonyl (C=O) groups is 4. The molecule has 42 heavy (non-hydrogen) atoms. The zero-order valence-electron chi connectivity index (χ0n) is 23.3. The SMILES string of the molecule is O=C(CCCCC(=O)Nc1cccc(C(=O)NCc2ccccc2)c1)Nc1cccc(C(=O)NCc2ccccc2)c1. The minimum absolute atomic E-state index is 0.188. The lowest BCUT2D eigenvalue weighted by Gasteiger charge is -2.09. The van der Waals surface area contributed by atoms with Gasteiger partial charge in [0.2, 0.25) is 11.8 Å². The van der Waals surface area contributed by atoms with E-state index in [4.69, 9.17) is 0 Å². The highest BCUT2D eigenvalue weighted by Gasteiger charge is 2.10. The number of hydrogen-bond donors (Lipinski definition) is 4. The van der Waals surface area contributed by atoms with Crippen LogP contribution in [0.15, 0.2) is 109 Å². The lowest BCUT2D eigenvalue weighted by Crippen LogP contribution is -2.23. The van der Waals surface area contributed by atoms with Gasteiger partial charge in [0.05, 0.1) is 0 Å². The molecule has 214 valence electrons. The van der Waals surface area contributed by atoms with E-state index in [9.17, 15) is 19.2 Å². The molecule has 0 aliphatic carbocycles. The van der Waals surface area contributed by atoms with Gasteiger partial charge < -0.3 is 21.3 Å². The zero-order valence-corrected chi connectivity index (χ0v) is 23.3. The average Bonchev–Trinajstić information content (AvgIpc) is 3.02. The minimum atomic E-state index is -0.223. The van der Waals surface area contributed by atoms with Gasteiger partial charge in [-0.25, -0.2) is 0 Å². The monoisotopic (exact) mass is 562 g/mol. The molecule has 0 heterocycles. The quantitative estimate of drug-likeness (QED) is 0.157. The van der Waals surface area contributed by atoms with E-state index in [1.54, 1.807) is 48.5 Å². The molecule has 4 aromatic rings. The van der Waals surface area contributed by atoms with E-state index in [1.807, 2.05) is 60.7 Å². The first-order valence-electron chi connectivity index (χ1n) is 13.9. The first-order chi connectivity index (χ1) is 20.5. The van der Waals surface area contributed by atoms with Crippen molar-refractivity contribution in [2.24, 2.45) is 0 Å². The Labute approximate surface area is 245 Å². The molecular weight excluding hydrogens is 528 g/mol. The summed E-state index contributed by atoms with van der Waals surface area (Å²) in [4.78, 5) is 49.9. The van der Waals surface area contributed by atoms with E-state index in [2.05, 4.69) is 21.3 Å². The van der Waals surface area contributed by atoms with Crippen molar-refractivity contribution < 1.29 is 19.2 Å². The van der Waals surface area contributed by atoms with Crippen LogP contribution in [0.25, 0.3) is 0 Å². The van der Waals surface area contributed by atoms with Crippen LogP contribution in [0.5, 0.6) is 0 Å². The third kappa shape index (κ3) is 9.75. The Bertz CT molecular complexity index is 1390. The van der Waals surface area contributed by atoms with E-state index in [0.717, 1.165) is 11.1 Å². The van der Waals surface area contributed by atoms with Crippen LogP contribution in [0.1, 0.15) is 57.5 Å². The van der Waals surface area contributed by atoms with Crippen molar-refractivity contribution in [2.45, 2.75) is 38.8 Å². The second kappa shape index (κ2) is 15.5. The van der Waals surface area contributed by atoms with Crippen LogP contribution in [-0.2, 0) is 22.7 Å². The van der Waals surface area contributed by atoms with Gasteiger partial charge in [-0.15, -0.1) is 0 Å². The number of carbonyl (C=O) groups excluding carboxylic acids is 4. The predicted molar refractivity (Wildman–Crippen MR) is 164 cm³/mol. The summed E-state index contributed by atoms with van der Waals surface area (Å²) in [5.74, 6) is -0.823. The number of nitrogens with one attached hydrogen (secondary N) is 4. The molecule has 4 N–H and O–H groups in total. The molecule has 0 bridgehead atoms. The van der Waals surface area contributed by atoms with Gasteiger partial charge in [0, 0.05) is 48.4 Å². The van der Waals surface area contributed by atoms with Crippen LogP contribution in [0.2, 0.25) is 0 Å². The van der Waals surface area contributed by atoms with Gasteiger partial charge in [-0.2, -0.15) is 0 Å². The Balaban J connectivity index is 1.15. The van der Waals surface area contributed by atoms with Crippen LogP contribution in [0.3, 0.4) is 0 Å². The molecule has 0 radical (unpaired) electrons. The molecule has 0 spiro atoms. The number of amides is 4. The van der Waals surface area contributed by atoms with Gasteiger partial charge in [0.25, 0.3) is 11.8 Å². The largest absolute Gasteiger partial charge is 0.348 e. The summed E-state index contributed by atoms with van der Waals surface area (Å²) in [6.07, 6.45) is 1.54. The second-order valence-corrected chi connectivity index (χ2v) is 9.80. The average molecular weight is 563 g/mol. The van der Waals surface area contributed by atoms with E-state index < -0.39 is 0 Å². The third-order valence-corrected chi connectivity index (χ3v) is 6.47. The third-order valence-electron chi connectivity index (χ3n) is 6.47. The van der Waals surface area contributed by atoms with Crippen LogP contribution < -0.4 is 21.3 Å². The molecule has 0 aromatic heterocycles. The predicted octanol–water partition coefficient (Wildman–Crippen LogP) is 5.68. The van der Waals surface area contributed by atoms with Crippen molar-refractivity contribution in [3.05, 3.63) is 131 Å². The molecule has 0 saturated carbocycles. The van der Waals surface area contributed by atoms with Crippen molar-refractivity contribution in [1.82, 2.24) is 10.6 Å². The molecule has 8 heteroatoms. The molecule has 0 atom stereocenters. The molecule has 0 aliphatic rings. The standard InChI is InChI=1S/C34H34N4O4/c39-31(37-29-17-9-15-27(21-29)33(41)35-23-25-11-3-1-4-12-25)19-7-8-20-32(40)38-30-18-10-16-28(22-30)34(42)36-24-26-13-5-2-6-14-26/h1-6,9-18,21-22H,7-8,19-20,23-24H2,(H,35,41)(H,36,42)(H,37,39)(H,38,40). The molecule has 4 amide bonds. The van der Waals surface area contributed by atoms with Crippen LogP contribution in [0.4, 0.5) is 11.4 Å². The number of anilines is 2. The van der Waals surface area contributed by atoms with Gasteiger partial charge in [-0.05, 0) is 60.4 Å². The highest BCUT2D eigenvalue weighted by molar-refractivity contribution is 5.98. The fourth-order valence-electron chi connectivity index (χ4n) is 4.25. The number of rotatable bonds is 13. The fraction of sp³-hybridized carbons (Fsp3) is 0.176. The molecule has 4 aromatic carbocycles. The van der Waals surface area contributed by atoms with Gasteiger partial charge in [-0.3, -0.25) is 19.2 Å². The van der Waals surface area contributed by atoms with E-state index in [-0.39, 0.29) is 36.5 Å². The minimum Gasteiger partial charge on any atom is -0.348 e. The molecule has 0 unspecified atom stereocenters. The number of unbranched alkanes of at least 4 members (excludes halogenated alkanes) is 1. The highest BCUT2D eigenvalue weighted by Crippen LogP contribution is 2.14. The van der Waals surface area contributed by atoms with Crippen molar-refractivity contribution in [3.63, 3.8) is 0 Å². The van der Waals surface area contributed by atoms with Gasteiger partial charge in [-0.1, -0.05) is 72.8 Å². The lowest BCUT2D eigenvalue weighted by molar-refractivity contribution is -0.118. The lowest BCUT2D eigenvalue weighted by atomic mass is 10.1. The number of hydrogen-bond acceptors (Lipinski definition) is 4. The van der Waals surface area contributed by atoms with Crippen molar-refractivity contribution in [1.29, 1.82) is 0 Å². The Morgan fingerprint density at radius 3 is 1.29 bits per heavy atom. The van der Waals surface area contributed by atoms with Crippen molar-refractivity contribution in [3.8, 4) is 0 Å². The molecule has 0 saturated heterocycles. The summed E-state index contributed by atoms with van der Waals surface area (Å²) in [5, 5.41) is 11.4. The summed E-state index contributed by atoms with van der Waals surface area (Å²) in [6, 6.07) is 32.8. The first-order valence-corrected chi connectivity index (χ1v) is 13.9. The van der Waals surface area contributed by atoms with E-state index in [0.29, 0.717) is 48.4 Å². The van der Waals surface area contributed by atoms with E-state index >= 15 is 0 Å². The normalized spacial score (nSPS) is 10.4. The Morgan fingerprint density at radius 1 is 0.476 bits per heavy atom. The highest BCUT2D eigenvalue weighted by atomic mass is 16.2. The van der Waals surface area contributed by atoms with Gasteiger partial charge in [0.15, 0.2) is 0 Å². The maximum atomic E-state index is 12.5. The van der Waals surface area contributed by atoms with Crippen molar-refractivity contribution >= 4 is 35.0 Å². The van der Waals surface area contributed by atoms with Crippen LogP contribution in [-0.4, -0.2) is 23.6 Å². The van der Waals surface area contributed by atoms with Crippen LogP contribution in [0, 0.1) is 0 Å². The van der Waals surface area contributed by atoms with E-state index in [1.165, 1.54) is 0 Å². The fourth-order valence-corrected chi connectivity index (χ4v) is 4.25. The molecule has 4 rings (SSSR count). The summed E-state index contributed by atoms with van der Waals surface area (Å²) in [6.45, 7) is 0.832. The summed E-state index contributed by atoms with van der Waals surface area (Å²) >= 11 is 0.